The quantitative estimate of drug-likeness (QED) is 0.856. The molecule has 0 saturated carbocycles. The first-order valence-corrected chi connectivity index (χ1v) is 6.83. The first-order chi connectivity index (χ1) is 9.77. The molecule has 0 fully saturated rings. The normalized spacial score (nSPS) is 13.2. The minimum Gasteiger partial charge on any atom is -0.324 e. The maximum atomic E-state index is 12.5. The molecule has 0 aliphatic rings. The fraction of sp³-hybridized carbons (Fsp3) is 0.250. The van der Waals surface area contributed by atoms with Gasteiger partial charge in [0, 0.05) is 11.1 Å². The molecular weight excluding hydrogens is 299 g/mol. The van der Waals surface area contributed by atoms with Crippen molar-refractivity contribution in [3.63, 3.8) is 0 Å². The monoisotopic (exact) mass is 313 g/mol. The summed E-state index contributed by atoms with van der Waals surface area (Å²) in [5.41, 5.74) is 8.01. The van der Waals surface area contributed by atoms with Gasteiger partial charge < -0.3 is 5.73 Å². The lowest BCUT2D eigenvalue weighted by atomic mass is 9.98. The lowest BCUT2D eigenvalue weighted by Gasteiger charge is -2.15. The smallest absolute Gasteiger partial charge is 0.324 e. The number of hydrogen-bond donors (Lipinski definition) is 1. The Hall–Kier alpha value is -1.52. The molecule has 5 heteroatoms. The molecule has 2 rings (SSSR count). The second kappa shape index (κ2) is 6.08. The SMILES string of the molecule is Cc1ccc(C(N)Cc2ccc(C(F)(F)F)cc2)c(Cl)c1. The van der Waals surface area contributed by atoms with Crippen molar-refractivity contribution in [2.24, 2.45) is 5.73 Å². The topological polar surface area (TPSA) is 26.0 Å². The van der Waals surface area contributed by atoms with Gasteiger partial charge in [-0.3, -0.25) is 0 Å². The fourth-order valence-electron chi connectivity index (χ4n) is 2.13. The first-order valence-electron chi connectivity index (χ1n) is 6.45. The van der Waals surface area contributed by atoms with Crippen LogP contribution in [0.1, 0.15) is 28.3 Å². The highest BCUT2D eigenvalue weighted by molar-refractivity contribution is 6.31. The highest BCUT2D eigenvalue weighted by Crippen LogP contribution is 2.30. The van der Waals surface area contributed by atoms with Gasteiger partial charge in [0.1, 0.15) is 0 Å². The minimum absolute atomic E-state index is 0.352. The molecule has 0 bridgehead atoms. The Labute approximate surface area is 126 Å². The van der Waals surface area contributed by atoms with Gasteiger partial charge in [0.2, 0.25) is 0 Å². The Kier molecular flexibility index (Phi) is 4.59. The molecule has 112 valence electrons. The van der Waals surface area contributed by atoms with Gasteiger partial charge in [-0.1, -0.05) is 35.9 Å². The van der Waals surface area contributed by atoms with Crippen LogP contribution in [-0.2, 0) is 12.6 Å². The van der Waals surface area contributed by atoms with Crippen LogP contribution in [0.5, 0.6) is 0 Å². The van der Waals surface area contributed by atoms with E-state index in [2.05, 4.69) is 0 Å². The second-order valence-corrected chi connectivity index (χ2v) is 5.44. The predicted molar refractivity (Wildman–Crippen MR) is 78.3 cm³/mol. The van der Waals surface area contributed by atoms with Crippen LogP contribution < -0.4 is 5.73 Å². The third-order valence-electron chi connectivity index (χ3n) is 3.29. The van der Waals surface area contributed by atoms with Gasteiger partial charge in [-0.15, -0.1) is 0 Å². The summed E-state index contributed by atoms with van der Waals surface area (Å²) in [6, 6.07) is 10.3. The van der Waals surface area contributed by atoms with E-state index in [1.165, 1.54) is 12.1 Å². The van der Waals surface area contributed by atoms with E-state index in [0.29, 0.717) is 11.4 Å². The molecule has 21 heavy (non-hydrogen) atoms. The summed E-state index contributed by atoms with van der Waals surface area (Å²) in [7, 11) is 0. The molecule has 0 aliphatic carbocycles. The van der Waals surface area contributed by atoms with Gasteiger partial charge in [0.05, 0.1) is 5.56 Å². The zero-order chi connectivity index (χ0) is 15.6. The van der Waals surface area contributed by atoms with Gasteiger partial charge in [0.15, 0.2) is 0 Å². The average Bonchev–Trinajstić information content (AvgIpc) is 2.38. The Morgan fingerprint density at radius 3 is 2.24 bits per heavy atom. The number of halogens is 4. The molecule has 0 amide bonds. The van der Waals surface area contributed by atoms with Gasteiger partial charge in [-0.25, -0.2) is 0 Å². The van der Waals surface area contributed by atoms with Crippen molar-refractivity contribution in [3.8, 4) is 0 Å². The number of hydrogen-bond acceptors (Lipinski definition) is 1. The van der Waals surface area contributed by atoms with E-state index in [4.69, 9.17) is 17.3 Å². The molecule has 0 aromatic heterocycles. The largest absolute Gasteiger partial charge is 0.416 e. The van der Waals surface area contributed by atoms with E-state index in [1.807, 2.05) is 25.1 Å². The zero-order valence-electron chi connectivity index (χ0n) is 11.4. The van der Waals surface area contributed by atoms with Crippen molar-refractivity contribution < 1.29 is 13.2 Å². The summed E-state index contributed by atoms with van der Waals surface area (Å²) in [6.07, 6.45) is -3.89. The Balaban J connectivity index is 2.14. The van der Waals surface area contributed by atoms with Crippen molar-refractivity contribution in [2.75, 3.05) is 0 Å². The molecule has 2 aromatic rings. The number of alkyl halides is 3. The van der Waals surface area contributed by atoms with Crippen LogP contribution in [0.15, 0.2) is 42.5 Å². The molecule has 1 atom stereocenters. The molecular formula is C16H15ClF3N. The summed E-state index contributed by atoms with van der Waals surface area (Å²) >= 11 is 6.15. The number of benzene rings is 2. The average molecular weight is 314 g/mol. The maximum absolute atomic E-state index is 12.5. The molecule has 1 nitrogen and oxygen atoms in total. The molecule has 1 unspecified atom stereocenters. The summed E-state index contributed by atoms with van der Waals surface area (Å²) < 4.78 is 37.5. The summed E-state index contributed by atoms with van der Waals surface area (Å²) in [6.45, 7) is 1.93. The van der Waals surface area contributed by atoms with Crippen LogP contribution in [-0.4, -0.2) is 0 Å². The highest BCUT2D eigenvalue weighted by atomic mass is 35.5. The standard InChI is InChI=1S/C16H15ClF3N/c1-10-2-7-13(14(17)8-10)15(21)9-11-3-5-12(6-4-11)16(18,19)20/h2-8,15H,9,21H2,1H3. The van der Waals surface area contributed by atoms with Crippen LogP contribution in [0.2, 0.25) is 5.02 Å². The van der Waals surface area contributed by atoms with E-state index in [0.717, 1.165) is 28.8 Å². The molecule has 2 aromatic carbocycles. The van der Waals surface area contributed by atoms with Gasteiger partial charge >= 0.3 is 6.18 Å². The maximum Gasteiger partial charge on any atom is 0.416 e. The summed E-state index contributed by atoms with van der Waals surface area (Å²) in [4.78, 5) is 0. The fourth-order valence-corrected chi connectivity index (χ4v) is 2.50. The lowest BCUT2D eigenvalue weighted by Crippen LogP contribution is -2.14. The van der Waals surface area contributed by atoms with Crippen LogP contribution in [0.4, 0.5) is 13.2 Å². The number of nitrogens with two attached hydrogens (primary N) is 1. The van der Waals surface area contributed by atoms with Gasteiger partial charge in [0.25, 0.3) is 0 Å². The van der Waals surface area contributed by atoms with Gasteiger partial charge in [-0.05, 0) is 48.2 Å². The third kappa shape index (κ3) is 3.99. The van der Waals surface area contributed by atoms with E-state index in [-0.39, 0.29) is 6.04 Å². The molecule has 2 N–H and O–H groups in total. The van der Waals surface area contributed by atoms with Crippen LogP contribution in [0.3, 0.4) is 0 Å². The van der Waals surface area contributed by atoms with Crippen LogP contribution in [0, 0.1) is 6.92 Å². The van der Waals surface area contributed by atoms with Crippen LogP contribution in [0.25, 0.3) is 0 Å². The number of rotatable bonds is 3. The van der Waals surface area contributed by atoms with E-state index < -0.39 is 11.7 Å². The first kappa shape index (κ1) is 15.9. The van der Waals surface area contributed by atoms with E-state index in [9.17, 15) is 13.2 Å². The molecule has 0 saturated heterocycles. The highest BCUT2D eigenvalue weighted by Gasteiger charge is 2.29. The van der Waals surface area contributed by atoms with Crippen molar-refractivity contribution in [1.29, 1.82) is 0 Å². The lowest BCUT2D eigenvalue weighted by molar-refractivity contribution is -0.137. The second-order valence-electron chi connectivity index (χ2n) is 5.03. The summed E-state index contributed by atoms with van der Waals surface area (Å²) in [5, 5.41) is 0.578. The van der Waals surface area contributed by atoms with Crippen molar-refractivity contribution >= 4 is 11.6 Å². The Bertz CT molecular complexity index is 620. The molecule has 0 aliphatic heterocycles. The van der Waals surface area contributed by atoms with Crippen molar-refractivity contribution in [1.82, 2.24) is 0 Å². The van der Waals surface area contributed by atoms with Gasteiger partial charge in [-0.2, -0.15) is 13.2 Å². The third-order valence-corrected chi connectivity index (χ3v) is 3.62. The van der Waals surface area contributed by atoms with E-state index in [1.54, 1.807) is 0 Å². The zero-order valence-corrected chi connectivity index (χ0v) is 12.2. The molecule has 0 spiro atoms. The van der Waals surface area contributed by atoms with E-state index >= 15 is 0 Å². The predicted octanol–water partition coefficient (Wildman–Crippen LogP) is 4.91. The van der Waals surface area contributed by atoms with Crippen molar-refractivity contribution in [2.45, 2.75) is 25.6 Å². The molecule has 0 radical (unpaired) electrons. The Morgan fingerprint density at radius 1 is 1.10 bits per heavy atom. The van der Waals surface area contributed by atoms with Crippen LogP contribution >= 0.6 is 11.6 Å². The molecule has 0 heterocycles. The number of aryl methyl sites for hydroxylation is 1. The van der Waals surface area contributed by atoms with Crippen molar-refractivity contribution in [3.05, 3.63) is 69.7 Å². The Morgan fingerprint density at radius 2 is 1.71 bits per heavy atom. The summed E-state index contributed by atoms with van der Waals surface area (Å²) in [5.74, 6) is 0. The minimum atomic E-state index is -4.32.